The number of carbonyl (C=O) groups excluding carboxylic acids is 2. The Morgan fingerprint density at radius 1 is 1.40 bits per heavy atom. The lowest BCUT2D eigenvalue weighted by Gasteiger charge is -2.04. The summed E-state index contributed by atoms with van der Waals surface area (Å²) < 4.78 is 5.98. The van der Waals surface area contributed by atoms with Crippen LogP contribution in [0.1, 0.15) is 12.5 Å². The Morgan fingerprint density at radius 3 is 2.75 bits per heavy atom. The molecule has 0 aliphatic rings. The summed E-state index contributed by atoms with van der Waals surface area (Å²) in [5.74, 6) is -0.363. The average molecular weight is 275 g/mol. The van der Waals surface area contributed by atoms with Crippen molar-refractivity contribution in [3.63, 3.8) is 0 Å². The van der Waals surface area contributed by atoms with E-state index in [1.54, 1.807) is 25.1 Å². The second kappa shape index (κ2) is 5.52. The van der Waals surface area contributed by atoms with E-state index in [2.05, 4.69) is 5.18 Å². The summed E-state index contributed by atoms with van der Waals surface area (Å²) in [7, 11) is 0. The molecule has 0 unspecified atom stereocenters. The zero-order valence-corrected chi connectivity index (χ0v) is 10.8. The predicted octanol–water partition coefficient (Wildman–Crippen LogP) is 2.07. The molecule has 0 saturated heterocycles. The van der Waals surface area contributed by atoms with Crippen LogP contribution in [0.5, 0.6) is 0 Å². The highest BCUT2D eigenvalue weighted by molar-refractivity contribution is 5.98. The molecule has 0 spiro atoms. The van der Waals surface area contributed by atoms with E-state index in [1.165, 1.54) is 6.20 Å². The lowest BCUT2D eigenvalue weighted by molar-refractivity contribution is -0.142. The van der Waals surface area contributed by atoms with Crippen LogP contribution in [0.2, 0.25) is 0 Å². The van der Waals surface area contributed by atoms with E-state index in [-0.39, 0.29) is 18.1 Å². The van der Waals surface area contributed by atoms with Crippen LogP contribution in [-0.4, -0.2) is 23.2 Å². The number of hydrogen-bond donors (Lipinski definition) is 1. The van der Waals surface area contributed by atoms with Gasteiger partial charge in [-0.1, -0.05) is 12.1 Å². The van der Waals surface area contributed by atoms with Crippen LogP contribution in [0.4, 0.5) is 10.5 Å². The molecule has 0 radical (unpaired) electrons. The van der Waals surface area contributed by atoms with Gasteiger partial charge in [-0.3, -0.25) is 9.36 Å². The van der Waals surface area contributed by atoms with Crippen molar-refractivity contribution in [2.24, 2.45) is 10.9 Å². The fourth-order valence-electron chi connectivity index (χ4n) is 2.00. The quantitative estimate of drug-likeness (QED) is 0.681. The van der Waals surface area contributed by atoms with Crippen molar-refractivity contribution in [3.05, 3.63) is 34.9 Å². The van der Waals surface area contributed by atoms with E-state index >= 15 is 0 Å². The van der Waals surface area contributed by atoms with Crippen molar-refractivity contribution in [2.45, 2.75) is 13.3 Å². The fourth-order valence-corrected chi connectivity index (χ4v) is 2.00. The zero-order chi connectivity index (χ0) is 14.7. The molecular weight excluding hydrogens is 262 g/mol. The van der Waals surface area contributed by atoms with Crippen LogP contribution in [-0.2, 0) is 16.0 Å². The largest absolute Gasteiger partial charge is 0.466 e. The van der Waals surface area contributed by atoms with E-state index in [1.807, 2.05) is 0 Å². The summed E-state index contributed by atoms with van der Waals surface area (Å²) in [5.41, 5.74) is 6.46. The normalized spacial score (nSPS) is 10.4. The van der Waals surface area contributed by atoms with E-state index in [9.17, 15) is 14.5 Å². The number of esters is 1. The topological polar surface area (TPSA) is 104 Å². The monoisotopic (exact) mass is 275 g/mol. The summed E-state index contributed by atoms with van der Waals surface area (Å²) in [6, 6.07) is 4.20. The summed E-state index contributed by atoms with van der Waals surface area (Å²) in [4.78, 5) is 33.5. The number of nitrogens with zero attached hydrogens (tertiary/aromatic N) is 2. The van der Waals surface area contributed by atoms with Crippen molar-refractivity contribution < 1.29 is 14.3 Å². The maximum absolute atomic E-state index is 11.4. The molecule has 1 amide bonds. The highest BCUT2D eigenvalue weighted by atomic mass is 16.5. The van der Waals surface area contributed by atoms with Gasteiger partial charge in [0.25, 0.3) is 0 Å². The first-order valence-electron chi connectivity index (χ1n) is 5.99. The number of benzene rings is 1. The number of fused-ring (bicyclic) bond motifs is 1. The Morgan fingerprint density at radius 2 is 2.15 bits per heavy atom. The van der Waals surface area contributed by atoms with Gasteiger partial charge < -0.3 is 10.5 Å². The fraction of sp³-hybridized carbons (Fsp3) is 0.231. The first-order valence-corrected chi connectivity index (χ1v) is 5.99. The number of primary amides is 1. The van der Waals surface area contributed by atoms with E-state index in [0.29, 0.717) is 23.1 Å². The van der Waals surface area contributed by atoms with Gasteiger partial charge in [0.05, 0.1) is 18.5 Å². The van der Waals surface area contributed by atoms with Gasteiger partial charge in [-0.15, -0.1) is 4.91 Å². The third-order valence-electron chi connectivity index (χ3n) is 2.84. The standard InChI is InChI=1S/C13H13N3O4/c1-2-20-12(17)6-8-3-4-9-10(15-19)7-16(13(14)18)11(9)5-8/h3-5,7H,2,6H2,1H3,(H2,14,18). The van der Waals surface area contributed by atoms with Gasteiger partial charge in [-0.25, -0.2) is 4.79 Å². The number of hydrogen-bond acceptors (Lipinski definition) is 5. The molecule has 0 atom stereocenters. The van der Waals surface area contributed by atoms with Gasteiger partial charge in [0.15, 0.2) is 0 Å². The van der Waals surface area contributed by atoms with Crippen molar-refractivity contribution >= 4 is 28.6 Å². The first-order chi connectivity index (χ1) is 9.56. The highest BCUT2D eigenvalue weighted by Gasteiger charge is 2.14. The molecule has 7 nitrogen and oxygen atoms in total. The smallest absolute Gasteiger partial charge is 0.323 e. The van der Waals surface area contributed by atoms with Crippen molar-refractivity contribution in [2.75, 3.05) is 6.61 Å². The first kappa shape index (κ1) is 13.7. The molecule has 0 aliphatic carbocycles. The lowest BCUT2D eigenvalue weighted by Crippen LogP contribution is -2.18. The van der Waals surface area contributed by atoms with Gasteiger partial charge >= 0.3 is 12.0 Å². The summed E-state index contributed by atoms with van der Waals surface area (Å²) in [6.45, 7) is 2.03. The SMILES string of the molecule is CCOC(=O)Cc1ccc2c(N=O)cn(C(N)=O)c2c1. The maximum atomic E-state index is 11.4. The van der Waals surface area contributed by atoms with Gasteiger partial charge in [0, 0.05) is 11.6 Å². The van der Waals surface area contributed by atoms with Gasteiger partial charge in [-0.2, -0.15) is 0 Å². The Kier molecular flexibility index (Phi) is 3.79. The summed E-state index contributed by atoms with van der Waals surface area (Å²) >= 11 is 0. The minimum absolute atomic E-state index is 0.0809. The van der Waals surface area contributed by atoms with Crippen LogP contribution in [0.25, 0.3) is 10.9 Å². The van der Waals surface area contributed by atoms with E-state index < -0.39 is 6.03 Å². The van der Waals surface area contributed by atoms with Crippen LogP contribution >= 0.6 is 0 Å². The summed E-state index contributed by atoms with van der Waals surface area (Å²) in [5, 5.41) is 3.36. The Labute approximate surface area is 114 Å². The average Bonchev–Trinajstić information content (AvgIpc) is 2.77. The third-order valence-corrected chi connectivity index (χ3v) is 2.84. The molecule has 0 saturated carbocycles. The molecular formula is C13H13N3O4. The number of rotatable bonds is 4. The van der Waals surface area contributed by atoms with E-state index in [0.717, 1.165) is 4.57 Å². The minimum Gasteiger partial charge on any atom is -0.466 e. The molecule has 2 N–H and O–H groups in total. The molecule has 2 rings (SSSR count). The molecule has 0 bridgehead atoms. The third kappa shape index (κ3) is 2.51. The van der Waals surface area contributed by atoms with Gasteiger partial charge in [-0.05, 0) is 23.7 Å². The highest BCUT2D eigenvalue weighted by Crippen LogP contribution is 2.29. The molecule has 104 valence electrons. The second-order valence-electron chi connectivity index (χ2n) is 4.15. The number of carbonyl (C=O) groups is 2. The zero-order valence-electron chi connectivity index (χ0n) is 10.8. The Bertz CT molecular complexity index is 690. The Balaban J connectivity index is 2.47. The maximum Gasteiger partial charge on any atom is 0.323 e. The van der Waals surface area contributed by atoms with Crippen molar-refractivity contribution in [1.29, 1.82) is 0 Å². The summed E-state index contributed by atoms with van der Waals surface area (Å²) in [6.07, 6.45) is 1.35. The number of nitroso groups, excluding NO2 is 1. The predicted molar refractivity (Wildman–Crippen MR) is 72.7 cm³/mol. The van der Waals surface area contributed by atoms with E-state index in [4.69, 9.17) is 10.5 Å². The number of aromatic nitrogens is 1. The molecule has 7 heteroatoms. The second-order valence-corrected chi connectivity index (χ2v) is 4.15. The number of ether oxygens (including phenoxy) is 1. The van der Waals surface area contributed by atoms with Gasteiger partial charge in [0.1, 0.15) is 5.69 Å². The molecule has 0 aliphatic heterocycles. The number of nitrogens with two attached hydrogens (primary N) is 1. The lowest BCUT2D eigenvalue weighted by atomic mass is 10.1. The Hall–Kier alpha value is -2.70. The molecule has 0 fully saturated rings. The molecule has 1 aromatic carbocycles. The molecule has 1 aromatic heterocycles. The van der Waals surface area contributed by atoms with Crippen LogP contribution < -0.4 is 5.73 Å². The minimum atomic E-state index is -0.724. The number of amides is 1. The van der Waals surface area contributed by atoms with Gasteiger partial charge in [0.2, 0.25) is 0 Å². The van der Waals surface area contributed by atoms with Crippen LogP contribution in [0.3, 0.4) is 0 Å². The van der Waals surface area contributed by atoms with Crippen molar-refractivity contribution in [3.8, 4) is 0 Å². The van der Waals surface area contributed by atoms with Crippen LogP contribution in [0, 0.1) is 4.91 Å². The van der Waals surface area contributed by atoms with Crippen LogP contribution in [0.15, 0.2) is 29.6 Å². The molecule has 2 aromatic rings. The van der Waals surface area contributed by atoms with Crippen molar-refractivity contribution in [1.82, 2.24) is 4.57 Å². The molecule has 20 heavy (non-hydrogen) atoms. The molecule has 1 heterocycles.